The number of aromatic hydroxyl groups is 1. The molecule has 11 nitrogen and oxygen atoms in total. The number of fused-ring (bicyclic) bond motifs is 2. The molecule has 2 fully saturated rings. The summed E-state index contributed by atoms with van der Waals surface area (Å²) in [6.45, 7) is 4.73. The summed E-state index contributed by atoms with van der Waals surface area (Å²) < 4.78 is 1.74. The minimum Gasteiger partial charge on any atom is -0.508 e. The van der Waals surface area contributed by atoms with Gasteiger partial charge in [-0.2, -0.15) is 5.10 Å². The first kappa shape index (κ1) is 28.9. The average molecular weight is 594 g/mol. The first-order valence-corrected chi connectivity index (χ1v) is 14.6. The number of rotatable bonds is 8. The maximum Gasteiger partial charge on any atom is 0.334 e. The summed E-state index contributed by atoms with van der Waals surface area (Å²) in [4.78, 5) is 45.2. The predicted octanol–water partition coefficient (Wildman–Crippen LogP) is 3.02. The van der Waals surface area contributed by atoms with Crippen molar-refractivity contribution in [2.24, 2.45) is 7.05 Å². The first-order valence-electron chi connectivity index (χ1n) is 14.6. The second-order valence-corrected chi connectivity index (χ2v) is 11.2. The Balaban J connectivity index is 1.37. The van der Waals surface area contributed by atoms with Crippen LogP contribution in [0.15, 0.2) is 91.6 Å². The van der Waals surface area contributed by atoms with Crippen molar-refractivity contribution < 1.29 is 19.5 Å². The zero-order valence-electron chi connectivity index (χ0n) is 24.5. The van der Waals surface area contributed by atoms with Crippen molar-refractivity contribution in [1.29, 1.82) is 0 Å². The topological polar surface area (TPSA) is 114 Å². The number of nitrogens with one attached hydrogen (secondary N) is 1. The highest BCUT2D eigenvalue weighted by Crippen LogP contribution is 2.30. The van der Waals surface area contributed by atoms with E-state index in [-0.39, 0.29) is 56.2 Å². The van der Waals surface area contributed by atoms with Crippen LogP contribution in [0.5, 0.6) is 5.75 Å². The highest BCUT2D eigenvalue weighted by molar-refractivity contribution is 5.92. The van der Waals surface area contributed by atoms with Gasteiger partial charge in [0.25, 0.3) is 0 Å². The molecule has 0 bridgehead atoms. The SMILES string of the molecule is C=CCN1CC(=O)N2[C@@H](Cc3ccc(O)cc3)C(=O)N(Cc3cccc4cn(C)nc34)C[C@@H]2N1C(=O)NCc1ccccc1. The fourth-order valence-electron chi connectivity index (χ4n) is 6.11. The Morgan fingerprint density at radius 1 is 1.05 bits per heavy atom. The summed E-state index contributed by atoms with van der Waals surface area (Å²) in [6, 6.07) is 20.8. The van der Waals surface area contributed by atoms with E-state index in [1.807, 2.05) is 61.8 Å². The van der Waals surface area contributed by atoms with Crippen LogP contribution in [0.2, 0.25) is 0 Å². The van der Waals surface area contributed by atoms with E-state index in [4.69, 9.17) is 0 Å². The first-order chi connectivity index (χ1) is 21.3. The van der Waals surface area contributed by atoms with Crippen LogP contribution in [0.25, 0.3) is 10.9 Å². The van der Waals surface area contributed by atoms with Gasteiger partial charge in [-0.05, 0) is 28.8 Å². The maximum absolute atomic E-state index is 14.2. The Morgan fingerprint density at radius 3 is 2.57 bits per heavy atom. The van der Waals surface area contributed by atoms with Crippen LogP contribution in [0, 0.1) is 0 Å². The second kappa shape index (κ2) is 12.2. The second-order valence-electron chi connectivity index (χ2n) is 11.2. The zero-order valence-corrected chi connectivity index (χ0v) is 24.5. The number of aryl methyl sites for hydroxylation is 1. The number of benzene rings is 3. The Hall–Kier alpha value is -5.16. The number of hydrogen-bond donors (Lipinski definition) is 2. The van der Waals surface area contributed by atoms with Crippen molar-refractivity contribution in [3.05, 3.63) is 108 Å². The molecule has 6 rings (SSSR count). The van der Waals surface area contributed by atoms with Gasteiger partial charge in [-0.15, -0.1) is 6.58 Å². The molecule has 0 spiro atoms. The molecule has 0 saturated carbocycles. The average Bonchev–Trinajstić information content (AvgIpc) is 3.41. The molecule has 0 radical (unpaired) electrons. The van der Waals surface area contributed by atoms with Gasteiger partial charge < -0.3 is 20.2 Å². The molecule has 2 aliphatic rings. The van der Waals surface area contributed by atoms with E-state index in [1.54, 1.807) is 54.8 Å². The van der Waals surface area contributed by atoms with E-state index in [0.717, 1.165) is 27.6 Å². The molecule has 2 saturated heterocycles. The van der Waals surface area contributed by atoms with Gasteiger partial charge in [0.15, 0.2) is 0 Å². The normalized spacial score (nSPS) is 18.9. The van der Waals surface area contributed by atoms with Crippen molar-refractivity contribution in [3.63, 3.8) is 0 Å². The van der Waals surface area contributed by atoms with Gasteiger partial charge in [-0.25, -0.2) is 14.8 Å². The Labute approximate surface area is 255 Å². The lowest BCUT2D eigenvalue weighted by Gasteiger charge is -2.55. The number of hydrogen-bond acceptors (Lipinski definition) is 6. The van der Waals surface area contributed by atoms with Crippen LogP contribution >= 0.6 is 0 Å². The van der Waals surface area contributed by atoms with Gasteiger partial charge in [0.1, 0.15) is 18.0 Å². The third kappa shape index (κ3) is 5.73. The number of hydrazine groups is 1. The smallest absolute Gasteiger partial charge is 0.334 e. The van der Waals surface area contributed by atoms with Crippen molar-refractivity contribution in [2.75, 3.05) is 19.6 Å². The number of carbonyl (C=O) groups is 3. The van der Waals surface area contributed by atoms with Gasteiger partial charge in [0, 0.05) is 44.7 Å². The number of phenolic OH excluding ortho intramolecular Hbond substituents is 1. The molecule has 2 N–H and O–H groups in total. The van der Waals surface area contributed by atoms with Gasteiger partial charge in [-0.3, -0.25) is 14.3 Å². The molecule has 2 atom stereocenters. The summed E-state index contributed by atoms with van der Waals surface area (Å²) in [5.41, 5.74) is 3.40. The molecule has 0 unspecified atom stereocenters. The lowest BCUT2D eigenvalue weighted by atomic mass is 9.98. The van der Waals surface area contributed by atoms with E-state index in [9.17, 15) is 19.5 Å². The van der Waals surface area contributed by atoms with Crippen molar-refractivity contribution >= 4 is 28.7 Å². The summed E-state index contributed by atoms with van der Waals surface area (Å²) in [6.07, 6.45) is 3.06. The molecule has 4 amide bonds. The minimum absolute atomic E-state index is 0.0755. The van der Waals surface area contributed by atoms with E-state index in [0.29, 0.717) is 6.54 Å². The monoisotopic (exact) mass is 593 g/mol. The molecule has 1 aromatic heterocycles. The van der Waals surface area contributed by atoms with Crippen molar-refractivity contribution in [1.82, 2.24) is 34.9 Å². The lowest BCUT2D eigenvalue weighted by molar-refractivity contribution is -0.189. The predicted molar refractivity (Wildman–Crippen MR) is 165 cm³/mol. The molecular weight excluding hydrogens is 558 g/mol. The summed E-state index contributed by atoms with van der Waals surface area (Å²) in [5, 5.41) is 21.7. The van der Waals surface area contributed by atoms with E-state index < -0.39 is 12.2 Å². The molecule has 3 heterocycles. The van der Waals surface area contributed by atoms with E-state index >= 15 is 0 Å². The van der Waals surface area contributed by atoms with Crippen LogP contribution in [-0.4, -0.2) is 84.4 Å². The maximum atomic E-state index is 14.2. The van der Waals surface area contributed by atoms with Crippen LogP contribution in [-0.2, 0) is 36.1 Å². The molecule has 2 aliphatic heterocycles. The number of piperazine rings is 1. The zero-order chi connectivity index (χ0) is 30.8. The van der Waals surface area contributed by atoms with Gasteiger partial charge in [0.05, 0.1) is 18.6 Å². The molecular formula is C33H35N7O4. The number of nitrogens with zero attached hydrogens (tertiary/aromatic N) is 6. The van der Waals surface area contributed by atoms with E-state index in [1.165, 1.54) is 0 Å². The highest BCUT2D eigenvalue weighted by Gasteiger charge is 2.51. The Bertz CT molecular complexity index is 1690. The number of phenols is 1. The van der Waals surface area contributed by atoms with Crippen LogP contribution < -0.4 is 5.32 Å². The van der Waals surface area contributed by atoms with Crippen LogP contribution in [0.4, 0.5) is 4.79 Å². The van der Waals surface area contributed by atoms with Gasteiger partial charge in [-0.1, -0.05) is 66.7 Å². The molecule has 0 aliphatic carbocycles. The highest BCUT2D eigenvalue weighted by atomic mass is 16.3. The van der Waals surface area contributed by atoms with E-state index in [2.05, 4.69) is 17.0 Å². The van der Waals surface area contributed by atoms with Crippen molar-refractivity contribution in [2.45, 2.75) is 31.7 Å². The number of aromatic nitrogens is 2. The Kier molecular flexibility index (Phi) is 8.03. The minimum atomic E-state index is -0.857. The summed E-state index contributed by atoms with van der Waals surface area (Å²) in [7, 11) is 1.86. The fraction of sp³-hybridized carbons (Fsp3) is 0.273. The van der Waals surface area contributed by atoms with Gasteiger partial charge >= 0.3 is 6.03 Å². The summed E-state index contributed by atoms with van der Waals surface area (Å²) >= 11 is 0. The quantitative estimate of drug-likeness (QED) is 0.304. The third-order valence-corrected chi connectivity index (χ3v) is 8.13. The number of carbonyl (C=O) groups excluding carboxylic acids is 3. The van der Waals surface area contributed by atoms with Crippen LogP contribution in [0.1, 0.15) is 16.7 Å². The third-order valence-electron chi connectivity index (χ3n) is 8.13. The molecule has 11 heteroatoms. The molecule has 44 heavy (non-hydrogen) atoms. The molecule has 3 aromatic carbocycles. The lowest BCUT2D eigenvalue weighted by Crippen LogP contribution is -2.76. The van der Waals surface area contributed by atoms with Gasteiger partial charge in [0.2, 0.25) is 11.8 Å². The molecule has 4 aromatic rings. The standard InChI is InChI=1S/C33H35N7O4/c1-3-16-38-22-30(42)39-28(17-23-12-14-27(41)15-13-23)32(43)37(20-26-11-7-10-25-19-36(2)35-31(25)26)21-29(39)40(38)33(44)34-18-24-8-5-4-6-9-24/h3-15,19,28-29,41H,1,16-18,20-22H2,2H3,(H,34,44)/t28-,29-/m0/s1. The van der Waals surface area contributed by atoms with Crippen LogP contribution in [0.3, 0.4) is 0 Å². The largest absolute Gasteiger partial charge is 0.508 e. The fourth-order valence-corrected chi connectivity index (χ4v) is 6.11. The summed E-state index contributed by atoms with van der Waals surface area (Å²) in [5.74, 6) is -0.341. The number of amides is 4. The molecule has 226 valence electrons. The Morgan fingerprint density at radius 2 is 1.82 bits per heavy atom. The van der Waals surface area contributed by atoms with Crippen molar-refractivity contribution in [3.8, 4) is 5.75 Å². The number of urea groups is 1.